The lowest BCUT2D eigenvalue weighted by molar-refractivity contribution is 0.102. The van der Waals surface area contributed by atoms with Crippen molar-refractivity contribution in [2.45, 2.75) is 0 Å². The Morgan fingerprint density at radius 2 is 1.90 bits per heavy atom. The number of ketones is 1. The molecule has 0 aliphatic rings. The molecule has 6 heteroatoms. The Morgan fingerprint density at radius 3 is 2.62 bits per heavy atom. The molecule has 0 N–H and O–H groups in total. The van der Waals surface area contributed by atoms with Crippen molar-refractivity contribution < 1.29 is 9.18 Å². The van der Waals surface area contributed by atoms with Gasteiger partial charge in [-0.2, -0.15) is 0 Å². The molecule has 0 unspecified atom stereocenters. The van der Waals surface area contributed by atoms with Crippen LogP contribution in [0.15, 0.2) is 54.7 Å². The van der Waals surface area contributed by atoms with E-state index in [1.165, 1.54) is 23.0 Å². The van der Waals surface area contributed by atoms with Gasteiger partial charge in [0.05, 0.1) is 17.4 Å². The monoisotopic (exact) mass is 301 g/mol. The second-order valence-electron chi connectivity index (χ2n) is 4.32. The summed E-state index contributed by atoms with van der Waals surface area (Å²) in [5, 5.41) is 7.85. The summed E-state index contributed by atoms with van der Waals surface area (Å²) in [5.41, 5.74) is 0.786. The first-order valence-electron chi connectivity index (χ1n) is 6.12. The number of carbonyl (C=O) groups excluding carboxylic acids is 1. The van der Waals surface area contributed by atoms with Crippen molar-refractivity contribution in [3.05, 3.63) is 76.8 Å². The highest BCUT2D eigenvalue weighted by Crippen LogP contribution is 2.19. The summed E-state index contributed by atoms with van der Waals surface area (Å²) in [7, 11) is 0. The number of aromatic nitrogens is 3. The van der Waals surface area contributed by atoms with Crippen molar-refractivity contribution in [1.82, 2.24) is 15.0 Å². The van der Waals surface area contributed by atoms with Gasteiger partial charge in [0.2, 0.25) is 5.78 Å². The van der Waals surface area contributed by atoms with Crippen molar-refractivity contribution in [3.63, 3.8) is 0 Å². The molecule has 3 aromatic rings. The van der Waals surface area contributed by atoms with Gasteiger partial charge in [0, 0.05) is 5.02 Å². The molecule has 0 bridgehead atoms. The smallest absolute Gasteiger partial charge is 0.216 e. The van der Waals surface area contributed by atoms with Crippen LogP contribution in [-0.2, 0) is 0 Å². The molecule has 0 radical (unpaired) electrons. The molecule has 0 saturated heterocycles. The molecule has 0 spiro atoms. The van der Waals surface area contributed by atoms with Gasteiger partial charge in [-0.05, 0) is 30.3 Å². The standard InChI is InChI=1S/C15H9ClFN3O/c16-10-6-7-12(13(17)8-10)15(21)14-9-18-19-20(14)11-4-2-1-3-5-11/h1-9H. The minimum atomic E-state index is -0.673. The first kappa shape index (κ1) is 13.5. The van der Waals surface area contributed by atoms with Crippen molar-refractivity contribution in [1.29, 1.82) is 0 Å². The molecule has 1 aromatic heterocycles. The van der Waals surface area contributed by atoms with Gasteiger partial charge in [0.25, 0.3) is 0 Å². The minimum absolute atomic E-state index is 0.0705. The van der Waals surface area contributed by atoms with Gasteiger partial charge < -0.3 is 0 Å². The van der Waals surface area contributed by atoms with E-state index in [1.54, 1.807) is 12.1 Å². The second-order valence-corrected chi connectivity index (χ2v) is 4.76. The first-order valence-corrected chi connectivity index (χ1v) is 6.50. The van der Waals surface area contributed by atoms with Gasteiger partial charge in [-0.1, -0.05) is 35.0 Å². The van der Waals surface area contributed by atoms with Gasteiger partial charge in [-0.15, -0.1) is 5.10 Å². The Bertz CT molecular complexity index is 802. The summed E-state index contributed by atoms with van der Waals surface area (Å²) in [6.45, 7) is 0. The molecular formula is C15H9ClFN3O. The number of para-hydroxylation sites is 1. The quantitative estimate of drug-likeness (QED) is 0.697. The number of carbonyl (C=O) groups is 1. The molecule has 0 saturated carbocycles. The summed E-state index contributed by atoms with van der Waals surface area (Å²) in [6, 6.07) is 13.0. The molecule has 2 aromatic carbocycles. The lowest BCUT2D eigenvalue weighted by atomic mass is 10.1. The summed E-state index contributed by atoms with van der Waals surface area (Å²) in [5.74, 6) is -1.17. The lowest BCUT2D eigenvalue weighted by Gasteiger charge is -2.06. The van der Waals surface area contributed by atoms with E-state index in [-0.39, 0.29) is 16.3 Å². The molecular weight excluding hydrogens is 293 g/mol. The highest BCUT2D eigenvalue weighted by atomic mass is 35.5. The number of rotatable bonds is 3. The SMILES string of the molecule is O=C(c1ccc(Cl)cc1F)c1cnnn1-c1ccccc1. The Kier molecular flexibility index (Phi) is 3.50. The molecule has 21 heavy (non-hydrogen) atoms. The largest absolute Gasteiger partial charge is 0.287 e. The molecule has 1 heterocycles. The van der Waals surface area contributed by atoms with Crippen LogP contribution >= 0.6 is 11.6 Å². The maximum atomic E-state index is 13.9. The zero-order chi connectivity index (χ0) is 14.8. The van der Waals surface area contributed by atoms with E-state index in [0.717, 1.165) is 6.07 Å². The Morgan fingerprint density at radius 1 is 1.14 bits per heavy atom. The first-order chi connectivity index (χ1) is 10.2. The third-order valence-electron chi connectivity index (χ3n) is 2.96. The second kappa shape index (κ2) is 5.46. The van der Waals surface area contributed by atoms with Crippen LogP contribution in [0.25, 0.3) is 5.69 Å². The molecule has 0 atom stereocenters. The lowest BCUT2D eigenvalue weighted by Crippen LogP contribution is -2.11. The average Bonchev–Trinajstić information content (AvgIpc) is 2.97. The predicted molar refractivity (Wildman–Crippen MR) is 76.2 cm³/mol. The van der Waals surface area contributed by atoms with E-state index >= 15 is 0 Å². The van der Waals surface area contributed by atoms with Gasteiger partial charge in [-0.25, -0.2) is 9.07 Å². The third-order valence-corrected chi connectivity index (χ3v) is 3.19. The molecule has 4 nitrogen and oxygen atoms in total. The number of nitrogens with zero attached hydrogens (tertiary/aromatic N) is 3. The highest BCUT2D eigenvalue weighted by Gasteiger charge is 2.19. The van der Waals surface area contributed by atoms with Crippen molar-refractivity contribution in [2.24, 2.45) is 0 Å². The van der Waals surface area contributed by atoms with Gasteiger partial charge in [0.1, 0.15) is 11.5 Å². The predicted octanol–water partition coefficient (Wildman–Crippen LogP) is 3.29. The molecule has 0 amide bonds. The van der Waals surface area contributed by atoms with E-state index in [4.69, 9.17) is 11.6 Å². The molecule has 0 fully saturated rings. The summed E-state index contributed by atoms with van der Waals surface area (Å²) >= 11 is 5.69. The van der Waals surface area contributed by atoms with E-state index in [2.05, 4.69) is 10.3 Å². The fraction of sp³-hybridized carbons (Fsp3) is 0. The normalized spacial score (nSPS) is 10.6. The Labute approximate surface area is 124 Å². The van der Waals surface area contributed by atoms with Gasteiger partial charge >= 0.3 is 0 Å². The van der Waals surface area contributed by atoms with Crippen LogP contribution in [0.1, 0.15) is 16.1 Å². The van der Waals surface area contributed by atoms with Gasteiger partial charge in [-0.3, -0.25) is 4.79 Å². The average molecular weight is 302 g/mol. The van der Waals surface area contributed by atoms with E-state index in [0.29, 0.717) is 5.69 Å². The van der Waals surface area contributed by atoms with Crippen LogP contribution in [0, 0.1) is 5.82 Å². The maximum Gasteiger partial charge on any atom is 0.216 e. The highest BCUT2D eigenvalue weighted by molar-refractivity contribution is 6.30. The maximum absolute atomic E-state index is 13.9. The number of hydrogen-bond acceptors (Lipinski definition) is 3. The van der Waals surface area contributed by atoms with Crippen LogP contribution < -0.4 is 0 Å². The van der Waals surface area contributed by atoms with Crippen LogP contribution in [0.4, 0.5) is 4.39 Å². The van der Waals surface area contributed by atoms with Gasteiger partial charge in [0.15, 0.2) is 0 Å². The van der Waals surface area contributed by atoms with Crippen LogP contribution in [0.3, 0.4) is 0 Å². The molecule has 104 valence electrons. The van der Waals surface area contributed by atoms with Crippen LogP contribution in [0.5, 0.6) is 0 Å². The Hall–Kier alpha value is -2.53. The summed E-state index contributed by atoms with van der Waals surface area (Å²) in [4.78, 5) is 12.4. The fourth-order valence-electron chi connectivity index (χ4n) is 1.96. The van der Waals surface area contributed by atoms with Crippen LogP contribution in [0.2, 0.25) is 5.02 Å². The third kappa shape index (κ3) is 2.55. The number of benzene rings is 2. The minimum Gasteiger partial charge on any atom is -0.287 e. The fourth-order valence-corrected chi connectivity index (χ4v) is 2.12. The number of halogens is 2. The van der Waals surface area contributed by atoms with E-state index < -0.39 is 11.6 Å². The number of hydrogen-bond donors (Lipinski definition) is 0. The van der Waals surface area contributed by atoms with Crippen molar-refractivity contribution >= 4 is 17.4 Å². The van der Waals surface area contributed by atoms with Crippen LogP contribution in [-0.4, -0.2) is 20.8 Å². The Balaban J connectivity index is 2.06. The molecule has 0 aliphatic carbocycles. The summed E-state index contributed by atoms with van der Waals surface area (Å²) < 4.78 is 15.2. The molecule has 0 aliphatic heterocycles. The molecule has 3 rings (SSSR count). The topological polar surface area (TPSA) is 47.8 Å². The van der Waals surface area contributed by atoms with Crippen molar-refractivity contribution in [3.8, 4) is 5.69 Å². The summed E-state index contributed by atoms with van der Waals surface area (Å²) in [6.07, 6.45) is 1.31. The van der Waals surface area contributed by atoms with E-state index in [9.17, 15) is 9.18 Å². The zero-order valence-corrected chi connectivity index (χ0v) is 11.5. The van der Waals surface area contributed by atoms with Crippen molar-refractivity contribution in [2.75, 3.05) is 0 Å². The zero-order valence-electron chi connectivity index (χ0n) is 10.7. The van der Waals surface area contributed by atoms with E-state index in [1.807, 2.05) is 18.2 Å².